The molecule has 7 nitrogen and oxygen atoms in total. The smallest absolute Gasteiger partial charge is 0.254 e. The Morgan fingerprint density at radius 2 is 1.96 bits per heavy atom. The van der Waals surface area contributed by atoms with Crippen LogP contribution in [-0.4, -0.2) is 59.4 Å². The molecule has 26 heavy (non-hydrogen) atoms. The number of nitrogens with zero attached hydrogens (tertiary/aromatic N) is 3. The van der Waals surface area contributed by atoms with Gasteiger partial charge in [-0.2, -0.15) is 0 Å². The Morgan fingerprint density at radius 1 is 1.19 bits per heavy atom. The largest absolute Gasteiger partial charge is 0.477 e. The lowest BCUT2D eigenvalue weighted by atomic mass is 9.83. The van der Waals surface area contributed by atoms with Gasteiger partial charge in [0.2, 0.25) is 5.88 Å². The number of likely N-dealkylation sites (tertiary alicyclic amines) is 1. The number of carbonyl (C=O) groups is 1. The average Bonchev–Trinajstić information content (AvgIpc) is 2.90. The Kier molecular flexibility index (Phi) is 4.14. The third-order valence-corrected chi connectivity index (χ3v) is 7.90. The standard InChI is InChI=1S/C18H19N3O4S/c22-17(14-4-8-19-9-5-14)21-12-18(13-21)15(6-10-26(18,23)24)11-25-16-3-1-2-7-20-16/h1-5,7-9,15H,6,10-13H2/t15-/m1/s1. The summed E-state index contributed by atoms with van der Waals surface area (Å²) >= 11 is 0. The summed E-state index contributed by atoms with van der Waals surface area (Å²) in [5, 5.41) is 0. The van der Waals surface area contributed by atoms with Gasteiger partial charge < -0.3 is 9.64 Å². The molecule has 4 heterocycles. The SMILES string of the molecule is O=C(c1ccncc1)N1CC2(C1)[C@@H](COc1ccccn1)CCS2(=O)=O. The molecule has 1 spiro atoms. The molecule has 0 bridgehead atoms. The molecule has 2 aromatic rings. The van der Waals surface area contributed by atoms with E-state index in [9.17, 15) is 13.2 Å². The van der Waals surface area contributed by atoms with Crippen LogP contribution in [0.15, 0.2) is 48.9 Å². The molecular weight excluding hydrogens is 354 g/mol. The second-order valence-electron chi connectivity index (χ2n) is 6.75. The Labute approximate surface area is 151 Å². The van der Waals surface area contributed by atoms with Crippen molar-refractivity contribution in [1.82, 2.24) is 14.9 Å². The van der Waals surface area contributed by atoms with Crippen molar-refractivity contribution in [3.63, 3.8) is 0 Å². The number of amides is 1. The van der Waals surface area contributed by atoms with Crippen molar-refractivity contribution in [2.45, 2.75) is 11.2 Å². The summed E-state index contributed by atoms with van der Waals surface area (Å²) in [6.07, 6.45) is 5.29. The second-order valence-corrected chi connectivity index (χ2v) is 9.20. The molecule has 0 aromatic carbocycles. The number of sulfone groups is 1. The fourth-order valence-corrected chi connectivity index (χ4v) is 6.15. The molecule has 1 amide bonds. The van der Waals surface area contributed by atoms with E-state index in [0.717, 1.165) is 0 Å². The molecule has 1 atom stereocenters. The van der Waals surface area contributed by atoms with Crippen LogP contribution in [0.4, 0.5) is 0 Å². The fourth-order valence-electron chi connectivity index (χ4n) is 3.75. The molecule has 2 aliphatic heterocycles. The van der Waals surface area contributed by atoms with Gasteiger partial charge in [-0.25, -0.2) is 13.4 Å². The van der Waals surface area contributed by atoms with E-state index < -0.39 is 14.6 Å². The Morgan fingerprint density at radius 3 is 2.65 bits per heavy atom. The van der Waals surface area contributed by atoms with Crippen molar-refractivity contribution < 1.29 is 17.9 Å². The van der Waals surface area contributed by atoms with E-state index in [4.69, 9.17) is 4.74 Å². The Balaban J connectivity index is 1.47. The summed E-state index contributed by atoms with van der Waals surface area (Å²) in [4.78, 5) is 22.1. The lowest BCUT2D eigenvalue weighted by Crippen LogP contribution is -2.68. The van der Waals surface area contributed by atoms with Gasteiger partial charge in [0.05, 0.1) is 12.4 Å². The monoisotopic (exact) mass is 373 g/mol. The highest BCUT2D eigenvalue weighted by Crippen LogP contribution is 2.45. The molecule has 0 N–H and O–H groups in total. The maximum atomic E-state index is 12.7. The summed E-state index contributed by atoms with van der Waals surface area (Å²) in [7, 11) is -3.26. The number of aromatic nitrogens is 2. The number of rotatable bonds is 4. The first kappa shape index (κ1) is 17.0. The molecule has 2 aromatic heterocycles. The van der Waals surface area contributed by atoms with Crippen LogP contribution in [-0.2, 0) is 9.84 Å². The topological polar surface area (TPSA) is 89.5 Å². The third-order valence-electron chi connectivity index (χ3n) is 5.30. The van der Waals surface area contributed by atoms with E-state index in [1.807, 2.05) is 6.07 Å². The molecule has 2 saturated heterocycles. The van der Waals surface area contributed by atoms with Gasteiger partial charge in [-0.1, -0.05) is 6.07 Å². The van der Waals surface area contributed by atoms with Gasteiger partial charge in [0.1, 0.15) is 4.75 Å². The van der Waals surface area contributed by atoms with Crippen LogP contribution >= 0.6 is 0 Å². The van der Waals surface area contributed by atoms with E-state index >= 15 is 0 Å². The predicted octanol–water partition coefficient (Wildman–Crippen LogP) is 1.18. The average molecular weight is 373 g/mol. The lowest BCUT2D eigenvalue weighted by molar-refractivity contribution is 0.0407. The summed E-state index contributed by atoms with van der Waals surface area (Å²) in [5.74, 6) is 0.317. The third kappa shape index (κ3) is 2.74. The molecule has 136 valence electrons. The van der Waals surface area contributed by atoms with Gasteiger partial charge in [-0.05, 0) is 24.6 Å². The van der Waals surface area contributed by atoms with Gasteiger partial charge in [0.15, 0.2) is 9.84 Å². The van der Waals surface area contributed by atoms with Crippen molar-refractivity contribution in [2.75, 3.05) is 25.4 Å². The minimum Gasteiger partial charge on any atom is -0.477 e. The quantitative estimate of drug-likeness (QED) is 0.800. The first-order valence-corrected chi connectivity index (χ1v) is 10.1. The first-order valence-electron chi connectivity index (χ1n) is 8.47. The number of pyridine rings is 2. The van der Waals surface area contributed by atoms with Crippen LogP contribution in [0.25, 0.3) is 0 Å². The van der Waals surface area contributed by atoms with Gasteiger partial charge in [-0.3, -0.25) is 9.78 Å². The second kappa shape index (κ2) is 6.35. The minimum absolute atomic E-state index is 0.139. The molecular formula is C18H19N3O4S. The normalized spacial score (nSPS) is 22.8. The summed E-state index contributed by atoms with van der Waals surface area (Å²) < 4.78 is 30.2. The van der Waals surface area contributed by atoms with Gasteiger partial charge in [0.25, 0.3) is 5.91 Å². The summed E-state index contributed by atoms with van der Waals surface area (Å²) in [6.45, 7) is 0.715. The molecule has 2 fully saturated rings. The molecule has 8 heteroatoms. The van der Waals surface area contributed by atoms with Crippen molar-refractivity contribution >= 4 is 15.7 Å². The van der Waals surface area contributed by atoms with Crippen LogP contribution in [0, 0.1) is 5.92 Å². The van der Waals surface area contributed by atoms with E-state index in [1.165, 1.54) is 0 Å². The minimum atomic E-state index is -3.26. The van der Waals surface area contributed by atoms with Crippen molar-refractivity contribution in [1.29, 1.82) is 0 Å². The van der Waals surface area contributed by atoms with Crippen molar-refractivity contribution in [2.24, 2.45) is 5.92 Å². The highest BCUT2D eigenvalue weighted by Gasteiger charge is 2.62. The Hall–Kier alpha value is -2.48. The Bertz CT molecular complexity index is 897. The van der Waals surface area contributed by atoms with Crippen LogP contribution in [0.2, 0.25) is 0 Å². The van der Waals surface area contributed by atoms with Crippen LogP contribution in [0.1, 0.15) is 16.8 Å². The zero-order valence-electron chi connectivity index (χ0n) is 14.1. The van der Waals surface area contributed by atoms with Gasteiger partial charge >= 0.3 is 0 Å². The van der Waals surface area contributed by atoms with Crippen molar-refractivity contribution in [3.05, 3.63) is 54.5 Å². The van der Waals surface area contributed by atoms with E-state index in [-0.39, 0.29) is 37.3 Å². The number of hydrogen-bond acceptors (Lipinski definition) is 6. The van der Waals surface area contributed by atoms with Gasteiger partial charge in [-0.15, -0.1) is 0 Å². The molecule has 0 aliphatic carbocycles. The maximum Gasteiger partial charge on any atom is 0.254 e. The van der Waals surface area contributed by atoms with Crippen LogP contribution < -0.4 is 4.74 Å². The lowest BCUT2D eigenvalue weighted by Gasteiger charge is -2.49. The van der Waals surface area contributed by atoms with E-state index in [2.05, 4.69) is 9.97 Å². The van der Waals surface area contributed by atoms with Crippen molar-refractivity contribution in [3.8, 4) is 5.88 Å². The predicted molar refractivity (Wildman–Crippen MR) is 94.5 cm³/mol. The van der Waals surface area contributed by atoms with Gasteiger partial charge in [0, 0.05) is 49.2 Å². The van der Waals surface area contributed by atoms with E-state index in [0.29, 0.717) is 17.9 Å². The zero-order valence-corrected chi connectivity index (χ0v) is 14.9. The number of carbonyl (C=O) groups excluding carboxylic acids is 1. The molecule has 2 aliphatic rings. The first-order chi connectivity index (χ1) is 12.5. The molecule has 0 unspecified atom stereocenters. The van der Waals surface area contributed by atoms with Crippen LogP contribution in [0.3, 0.4) is 0 Å². The zero-order chi connectivity index (χ0) is 18.2. The highest BCUT2D eigenvalue weighted by molar-refractivity contribution is 7.93. The molecule has 4 rings (SSSR count). The summed E-state index contributed by atoms with van der Waals surface area (Å²) in [5.41, 5.74) is 0.520. The number of hydrogen-bond donors (Lipinski definition) is 0. The molecule has 0 radical (unpaired) electrons. The molecule has 0 saturated carbocycles. The highest BCUT2D eigenvalue weighted by atomic mass is 32.2. The maximum absolute atomic E-state index is 12.7. The van der Waals surface area contributed by atoms with E-state index in [1.54, 1.807) is 47.8 Å². The fraction of sp³-hybridized carbons (Fsp3) is 0.389. The summed E-state index contributed by atoms with van der Waals surface area (Å²) in [6, 6.07) is 8.64. The number of ether oxygens (including phenoxy) is 1. The van der Waals surface area contributed by atoms with Crippen LogP contribution in [0.5, 0.6) is 5.88 Å².